The van der Waals surface area contributed by atoms with E-state index in [0.717, 1.165) is 11.1 Å². The summed E-state index contributed by atoms with van der Waals surface area (Å²) in [4.78, 5) is 19.1. The molecule has 0 aliphatic rings. The molecule has 0 aliphatic heterocycles. The van der Waals surface area contributed by atoms with E-state index < -0.39 is 22.0 Å². The van der Waals surface area contributed by atoms with Crippen molar-refractivity contribution in [3.63, 3.8) is 0 Å². The molecule has 3 rings (SSSR count). The maximum atomic E-state index is 12.9. The molecule has 0 atom stereocenters. The van der Waals surface area contributed by atoms with Crippen LogP contribution in [0, 0.1) is 0 Å². The highest BCUT2D eigenvalue weighted by Crippen LogP contribution is 2.26. The summed E-state index contributed by atoms with van der Waals surface area (Å²) in [6, 6.07) is 14.2. The molecule has 2 aromatic heterocycles. The van der Waals surface area contributed by atoms with Gasteiger partial charge in [0.1, 0.15) is 0 Å². The van der Waals surface area contributed by atoms with Crippen LogP contribution in [0.4, 0.5) is 0 Å². The molecule has 11 heteroatoms. The van der Waals surface area contributed by atoms with Crippen LogP contribution < -0.4 is 5.32 Å². The maximum absolute atomic E-state index is 12.9. The van der Waals surface area contributed by atoms with Crippen LogP contribution >= 0.6 is 0 Å². The lowest BCUT2D eigenvalue weighted by Crippen LogP contribution is -2.15. The van der Waals surface area contributed by atoms with Gasteiger partial charge in [-0.3, -0.25) is 0 Å². The van der Waals surface area contributed by atoms with Gasteiger partial charge in [-0.05, 0) is 36.4 Å². The minimum Gasteiger partial charge on any atom is -0.478 e. The Hall–Kier alpha value is -3.83. The molecule has 162 valence electrons. The van der Waals surface area contributed by atoms with E-state index in [1.54, 1.807) is 12.3 Å². The van der Waals surface area contributed by atoms with E-state index in [0.29, 0.717) is 24.4 Å². The zero-order valence-corrected chi connectivity index (χ0v) is 17.2. The van der Waals surface area contributed by atoms with Crippen molar-refractivity contribution in [1.82, 2.24) is 19.5 Å². The molecule has 0 saturated carbocycles. The lowest BCUT2D eigenvalue weighted by molar-refractivity contribution is -0.134. The zero-order chi connectivity index (χ0) is 22.9. The van der Waals surface area contributed by atoms with Gasteiger partial charge in [0.2, 0.25) is 0 Å². The molecule has 10 nitrogen and oxygen atoms in total. The number of hydrogen-bond acceptors (Lipinski definition) is 7. The number of benzene rings is 1. The lowest BCUT2D eigenvalue weighted by atomic mass is 10.1. The minimum atomic E-state index is -3.80. The molecule has 1 aromatic carbocycles. The second kappa shape index (κ2) is 10.8. The number of rotatable bonds is 7. The normalized spacial score (nSPS) is 11.0. The van der Waals surface area contributed by atoms with Crippen LogP contribution in [0.25, 0.3) is 11.3 Å². The predicted octanol–water partition coefficient (Wildman–Crippen LogP) is 1.61. The maximum Gasteiger partial charge on any atom is 0.328 e. The second-order valence-electron chi connectivity index (χ2n) is 6.00. The molecule has 0 fully saturated rings. The Labute approximate surface area is 178 Å². The van der Waals surface area contributed by atoms with E-state index in [1.807, 2.05) is 43.4 Å². The number of nitrogens with one attached hydrogen (secondary N) is 1. The van der Waals surface area contributed by atoms with Crippen LogP contribution in [0.3, 0.4) is 0 Å². The van der Waals surface area contributed by atoms with Gasteiger partial charge in [-0.25, -0.2) is 13.6 Å². The van der Waals surface area contributed by atoms with Crippen molar-refractivity contribution < 1.29 is 28.2 Å². The first kappa shape index (κ1) is 23.4. The summed E-state index contributed by atoms with van der Waals surface area (Å²) in [5.41, 5.74) is 2.29. The largest absolute Gasteiger partial charge is 0.478 e. The molecule has 3 N–H and O–H groups in total. The van der Waals surface area contributed by atoms with E-state index in [9.17, 15) is 18.0 Å². The van der Waals surface area contributed by atoms with Gasteiger partial charge in [0, 0.05) is 31.1 Å². The number of carboxylic acid groups (broad SMARTS) is 2. The van der Waals surface area contributed by atoms with Gasteiger partial charge >= 0.3 is 11.9 Å². The number of carbonyl (C=O) groups is 2. The monoisotopic (exact) mass is 444 g/mol. The SMILES string of the molecule is CNCc1cc(-c2ccccc2)n(S(=O)(=O)c2cccnn2)c1.O=C(O)C=CC(=O)O. The van der Waals surface area contributed by atoms with E-state index in [4.69, 9.17) is 10.2 Å². The van der Waals surface area contributed by atoms with Crippen molar-refractivity contribution in [2.24, 2.45) is 0 Å². The minimum absolute atomic E-state index is 0.0798. The van der Waals surface area contributed by atoms with Crippen molar-refractivity contribution in [3.8, 4) is 11.3 Å². The topological polar surface area (TPSA) is 151 Å². The van der Waals surface area contributed by atoms with Gasteiger partial charge in [-0.15, -0.1) is 5.10 Å². The molecule has 0 bridgehead atoms. The summed E-state index contributed by atoms with van der Waals surface area (Å²) in [5.74, 6) is -2.51. The van der Waals surface area contributed by atoms with Crippen LogP contribution in [-0.4, -0.2) is 51.8 Å². The summed E-state index contributed by atoms with van der Waals surface area (Å²) < 4.78 is 27.0. The van der Waals surface area contributed by atoms with Gasteiger partial charge in [-0.1, -0.05) is 30.3 Å². The van der Waals surface area contributed by atoms with E-state index >= 15 is 0 Å². The van der Waals surface area contributed by atoms with E-state index in [-0.39, 0.29) is 5.03 Å². The van der Waals surface area contributed by atoms with Crippen molar-refractivity contribution in [2.75, 3.05) is 7.05 Å². The van der Waals surface area contributed by atoms with Gasteiger partial charge in [0.05, 0.1) is 5.69 Å². The summed E-state index contributed by atoms with van der Waals surface area (Å²) in [6.07, 6.45) is 4.17. The molecule has 31 heavy (non-hydrogen) atoms. The van der Waals surface area contributed by atoms with E-state index in [1.165, 1.54) is 16.2 Å². The first-order valence-electron chi connectivity index (χ1n) is 8.84. The molecule has 0 amide bonds. The third-order valence-corrected chi connectivity index (χ3v) is 5.30. The Bertz CT molecular complexity index is 1140. The van der Waals surface area contributed by atoms with Crippen molar-refractivity contribution in [2.45, 2.75) is 11.6 Å². The van der Waals surface area contributed by atoms with Crippen LogP contribution in [0.2, 0.25) is 0 Å². The van der Waals surface area contributed by atoms with E-state index in [2.05, 4.69) is 15.5 Å². The summed E-state index contributed by atoms with van der Waals surface area (Å²) in [6.45, 7) is 0.572. The smallest absolute Gasteiger partial charge is 0.328 e. The standard InChI is InChI=1S/C16H16N4O2S.C4H4O4/c1-17-11-13-10-15(14-6-3-2-4-7-14)20(12-13)23(21,22)16-8-5-9-18-19-16;5-3(6)1-2-4(7)8/h2-10,12,17H,11H2,1H3;1-2H,(H,5,6)(H,7,8). The van der Waals surface area contributed by atoms with Crippen LogP contribution in [-0.2, 0) is 26.2 Å². The highest BCUT2D eigenvalue weighted by Gasteiger charge is 2.23. The average molecular weight is 444 g/mol. The van der Waals surface area contributed by atoms with Crippen molar-refractivity contribution in [1.29, 1.82) is 0 Å². The fraction of sp³-hybridized carbons (Fsp3) is 0.100. The van der Waals surface area contributed by atoms with Gasteiger partial charge in [-0.2, -0.15) is 13.5 Å². The third kappa shape index (κ3) is 6.59. The summed E-state index contributed by atoms with van der Waals surface area (Å²) >= 11 is 0. The van der Waals surface area contributed by atoms with Crippen molar-refractivity contribution in [3.05, 3.63) is 78.6 Å². The van der Waals surface area contributed by atoms with Crippen molar-refractivity contribution >= 4 is 22.0 Å². The Morgan fingerprint density at radius 1 is 1.06 bits per heavy atom. The Balaban J connectivity index is 0.000000366. The third-order valence-electron chi connectivity index (χ3n) is 3.73. The fourth-order valence-corrected chi connectivity index (χ4v) is 3.78. The summed E-state index contributed by atoms with van der Waals surface area (Å²) in [5, 5.41) is 26.0. The first-order valence-corrected chi connectivity index (χ1v) is 10.3. The molecule has 0 radical (unpaired) electrons. The predicted molar refractivity (Wildman–Crippen MR) is 112 cm³/mol. The molecule has 3 aromatic rings. The first-order chi connectivity index (χ1) is 14.8. The molecular weight excluding hydrogens is 424 g/mol. The second-order valence-corrected chi connectivity index (χ2v) is 7.76. The highest BCUT2D eigenvalue weighted by atomic mass is 32.2. The molecule has 0 saturated heterocycles. The molecule has 2 heterocycles. The molecule has 0 unspecified atom stereocenters. The zero-order valence-electron chi connectivity index (χ0n) is 16.4. The number of aromatic nitrogens is 3. The average Bonchev–Trinajstić information content (AvgIpc) is 3.19. The van der Waals surface area contributed by atoms with Crippen LogP contribution in [0.1, 0.15) is 5.56 Å². The Morgan fingerprint density at radius 2 is 1.71 bits per heavy atom. The van der Waals surface area contributed by atoms with Crippen LogP contribution in [0.15, 0.2) is 78.1 Å². The number of carboxylic acids is 2. The number of aliphatic carboxylic acids is 2. The van der Waals surface area contributed by atoms with Crippen LogP contribution in [0.5, 0.6) is 0 Å². The number of hydrogen-bond donors (Lipinski definition) is 3. The fourth-order valence-electron chi connectivity index (χ4n) is 2.48. The highest BCUT2D eigenvalue weighted by molar-refractivity contribution is 7.90. The van der Waals surface area contributed by atoms with Gasteiger partial charge in [0.25, 0.3) is 10.0 Å². The quantitative estimate of drug-likeness (QED) is 0.462. The van der Waals surface area contributed by atoms with Gasteiger partial charge in [0.15, 0.2) is 5.03 Å². The Morgan fingerprint density at radius 3 is 2.23 bits per heavy atom. The van der Waals surface area contributed by atoms with Gasteiger partial charge < -0.3 is 15.5 Å². The lowest BCUT2D eigenvalue weighted by Gasteiger charge is -2.09. The molecule has 0 aliphatic carbocycles. The molecule has 0 spiro atoms. The number of nitrogens with zero attached hydrogens (tertiary/aromatic N) is 3. The summed E-state index contributed by atoms with van der Waals surface area (Å²) in [7, 11) is -1.98. The molecular formula is C20H20N4O6S. The Kier molecular flexibility index (Phi) is 8.17.